The molecule has 6 rings (SSSR count). The van der Waals surface area contributed by atoms with E-state index in [1.165, 1.54) is 16.9 Å². The van der Waals surface area contributed by atoms with Crippen LogP contribution in [0.1, 0.15) is 42.0 Å². The van der Waals surface area contributed by atoms with Crippen molar-refractivity contribution < 1.29 is 23.8 Å². The molecule has 4 unspecified atom stereocenters. The van der Waals surface area contributed by atoms with E-state index in [-0.39, 0.29) is 34.8 Å². The molecule has 7 nitrogen and oxygen atoms in total. The number of amides is 1. The topological polar surface area (TPSA) is 78.0 Å². The molecule has 2 aliphatic heterocycles. The molecule has 0 saturated heterocycles. The van der Waals surface area contributed by atoms with E-state index >= 15 is 0 Å². The Kier molecular flexibility index (Phi) is 6.61. The minimum atomic E-state index is -0.687. The normalized spacial score (nSPS) is 24.7. The van der Waals surface area contributed by atoms with Crippen LogP contribution in [0.3, 0.4) is 0 Å². The molecule has 1 amide bonds. The van der Waals surface area contributed by atoms with Crippen LogP contribution in [0.15, 0.2) is 65.4 Å². The molecule has 1 aliphatic carbocycles. The van der Waals surface area contributed by atoms with Crippen LogP contribution < -0.4 is 14.4 Å². The molecule has 4 atom stereocenters. The second-order valence-corrected chi connectivity index (χ2v) is 11.3. The van der Waals surface area contributed by atoms with E-state index in [1.807, 2.05) is 49.4 Å². The van der Waals surface area contributed by atoms with Crippen molar-refractivity contribution in [2.45, 2.75) is 50.3 Å². The molecule has 1 aromatic heterocycles. The quantitative estimate of drug-likeness (QED) is 0.363. The van der Waals surface area contributed by atoms with Crippen LogP contribution in [0.4, 0.5) is 5.13 Å². The maximum absolute atomic E-state index is 13.9. The number of ether oxygens (including phenoxy) is 3. The number of carbonyl (C=O) groups excluding carboxylic acids is 2. The van der Waals surface area contributed by atoms with Crippen LogP contribution in [0.25, 0.3) is 0 Å². The van der Waals surface area contributed by atoms with E-state index in [1.54, 1.807) is 23.6 Å². The Balaban J connectivity index is 1.37. The third-order valence-electron chi connectivity index (χ3n) is 7.43. The number of aromatic nitrogens is 1. The molecule has 0 spiro atoms. The monoisotopic (exact) mass is 550 g/mol. The van der Waals surface area contributed by atoms with Crippen molar-refractivity contribution in [1.29, 1.82) is 0 Å². The fourth-order valence-electron chi connectivity index (χ4n) is 5.48. The van der Waals surface area contributed by atoms with Gasteiger partial charge >= 0.3 is 0 Å². The van der Waals surface area contributed by atoms with E-state index in [0.29, 0.717) is 47.2 Å². The summed E-state index contributed by atoms with van der Waals surface area (Å²) in [5.41, 5.74) is 3.30. The lowest BCUT2D eigenvalue weighted by atomic mass is 9.77. The largest absolute Gasteiger partial charge is 0.493 e. The third kappa shape index (κ3) is 4.35. The number of hydrogen-bond acceptors (Lipinski definition) is 7. The maximum atomic E-state index is 13.9. The van der Waals surface area contributed by atoms with E-state index in [4.69, 9.17) is 25.8 Å². The average molecular weight is 551 g/mol. The number of Topliss-reactive ketones (excluding diaryl/α,β-unsaturated/α-hetero) is 1. The average Bonchev–Trinajstić information content (AvgIpc) is 3.55. The summed E-state index contributed by atoms with van der Waals surface area (Å²) in [5, 5.41) is 2.23. The summed E-state index contributed by atoms with van der Waals surface area (Å²) in [6, 6.07) is 13.0. The first kappa shape index (κ1) is 24.9. The summed E-state index contributed by atoms with van der Waals surface area (Å²) in [6.45, 7) is 2.42. The standard InChI is InChI=1S/C29H27ClN2O5S/c1-16-3-5-17(6-4-16)15-36-22-9-7-18(13-23(22)35-2)25-24-26(33)20-14-19(30)8-10-21(20)37-27(24)28(34)32(25)29-31-11-12-38-29/h3-7,9,11-13,19-21,25H,8,10,14-15H2,1-2H3. The molecule has 3 heterocycles. The van der Waals surface area contributed by atoms with Gasteiger partial charge in [0.1, 0.15) is 12.7 Å². The Bertz CT molecular complexity index is 1400. The summed E-state index contributed by atoms with van der Waals surface area (Å²) < 4.78 is 18.0. The van der Waals surface area contributed by atoms with Gasteiger partial charge in [0.05, 0.1) is 24.6 Å². The number of thiazole rings is 1. The highest BCUT2D eigenvalue weighted by molar-refractivity contribution is 7.13. The number of alkyl halides is 1. The fraction of sp³-hybridized carbons (Fsp3) is 0.345. The third-order valence-corrected chi connectivity index (χ3v) is 8.59. The van der Waals surface area contributed by atoms with Gasteiger partial charge in [-0.2, -0.15) is 0 Å². The van der Waals surface area contributed by atoms with Crippen LogP contribution in [0, 0.1) is 12.8 Å². The first-order valence-electron chi connectivity index (χ1n) is 12.6. The molecular formula is C29H27ClN2O5S. The van der Waals surface area contributed by atoms with Crippen molar-refractivity contribution >= 4 is 39.8 Å². The van der Waals surface area contributed by atoms with Gasteiger partial charge in [-0.05, 0) is 49.4 Å². The van der Waals surface area contributed by atoms with Crippen molar-refractivity contribution in [2.75, 3.05) is 12.0 Å². The van der Waals surface area contributed by atoms with Crippen molar-refractivity contribution in [3.05, 3.63) is 82.1 Å². The Morgan fingerprint density at radius 1 is 1.13 bits per heavy atom. The van der Waals surface area contributed by atoms with Gasteiger partial charge in [0, 0.05) is 17.0 Å². The number of benzene rings is 2. The van der Waals surface area contributed by atoms with Crippen LogP contribution in [-0.4, -0.2) is 35.3 Å². The molecule has 0 radical (unpaired) electrons. The van der Waals surface area contributed by atoms with Crippen LogP contribution in [0.5, 0.6) is 11.5 Å². The number of rotatable bonds is 6. The molecule has 3 aliphatic rings. The van der Waals surface area contributed by atoms with E-state index in [2.05, 4.69) is 4.98 Å². The van der Waals surface area contributed by atoms with E-state index < -0.39 is 6.04 Å². The number of nitrogens with zero attached hydrogens (tertiary/aromatic N) is 2. The molecule has 2 aromatic carbocycles. The summed E-state index contributed by atoms with van der Waals surface area (Å²) in [4.78, 5) is 33.5. The molecule has 0 bridgehead atoms. The minimum Gasteiger partial charge on any atom is -0.493 e. The number of methoxy groups -OCH3 is 1. The first-order valence-corrected chi connectivity index (χ1v) is 13.9. The molecule has 1 fully saturated rings. The number of aryl methyl sites for hydroxylation is 1. The van der Waals surface area contributed by atoms with Gasteiger partial charge in [-0.15, -0.1) is 22.9 Å². The first-order chi connectivity index (χ1) is 18.4. The Labute approximate surface area is 230 Å². The number of carbonyl (C=O) groups is 2. The number of halogens is 1. The van der Waals surface area contributed by atoms with Gasteiger partial charge < -0.3 is 14.2 Å². The van der Waals surface area contributed by atoms with Crippen molar-refractivity contribution in [3.8, 4) is 11.5 Å². The smallest absolute Gasteiger partial charge is 0.296 e. The van der Waals surface area contributed by atoms with Gasteiger partial charge in [0.2, 0.25) is 0 Å². The molecule has 3 aromatic rings. The highest BCUT2D eigenvalue weighted by atomic mass is 35.5. The van der Waals surface area contributed by atoms with Crippen LogP contribution in [-0.2, 0) is 20.9 Å². The summed E-state index contributed by atoms with van der Waals surface area (Å²) in [6.07, 6.45) is 3.26. The van der Waals surface area contributed by atoms with Crippen LogP contribution in [0.2, 0.25) is 0 Å². The molecule has 1 saturated carbocycles. The number of ketones is 1. The summed E-state index contributed by atoms with van der Waals surface area (Å²) >= 11 is 7.77. The number of fused-ring (bicyclic) bond motifs is 1. The van der Waals surface area contributed by atoms with Gasteiger partial charge in [-0.3, -0.25) is 14.5 Å². The van der Waals surface area contributed by atoms with E-state index in [9.17, 15) is 9.59 Å². The predicted molar refractivity (Wildman–Crippen MR) is 145 cm³/mol. The number of hydrogen-bond donors (Lipinski definition) is 0. The van der Waals surface area contributed by atoms with Crippen molar-refractivity contribution in [3.63, 3.8) is 0 Å². The zero-order chi connectivity index (χ0) is 26.4. The molecule has 196 valence electrons. The van der Waals surface area contributed by atoms with Gasteiger partial charge in [0.25, 0.3) is 5.91 Å². The summed E-state index contributed by atoms with van der Waals surface area (Å²) in [5.74, 6) is 0.421. The molecule has 38 heavy (non-hydrogen) atoms. The van der Waals surface area contributed by atoms with Crippen molar-refractivity contribution in [2.24, 2.45) is 5.92 Å². The van der Waals surface area contributed by atoms with Gasteiger partial charge in [-0.25, -0.2) is 4.98 Å². The predicted octanol–water partition coefficient (Wildman–Crippen LogP) is 5.76. The number of anilines is 1. The molecule has 0 N–H and O–H groups in total. The minimum absolute atomic E-state index is 0.0716. The van der Waals surface area contributed by atoms with Crippen LogP contribution >= 0.6 is 22.9 Å². The highest BCUT2D eigenvalue weighted by Gasteiger charge is 2.53. The maximum Gasteiger partial charge on any atom is 0.296 e. The fourth-order valence-corrected chi connectivity index (χ4v) is 6.47. The van der Waals surface area contributed by atoms with Crippen molar-refractivity contribution in [1.82, 2.24) is 4.98 Å². The highest BCUT2D eigenvalue weighted by Crippen LogP contribution is 2.49. The zero-order valence-corrected chi connectivity index (χ0v) is 22.6. The molecule has 9 heteroatoms. The Morgan fingerprint density at radius 2 is 1.95 bits per heavy atom. The summed E-state index contributed by atoms with van der Waals surface area (Å²) in [7, 11) is 1.57. The SMILES string of the molecule is COc1cc(C2C3=C(OC4CCC(Cl)CC4C3=O)C(=O)N2c2nccs2)ccc1OCc1ccc(C)cc1. The Hall–Kier alpha value is -3.36. The Morgan fingerprint density at radius 3 is 2.68 bits per heavy atom. The lowest BCUT2D eigenvalue weighted by molar-refractivity contribution is -0.131. The lowest BCUT2D eigenvalue weighted by Crippen LogP contribution is -2.41. The second-order valence-electron chi connectivity index (χ2n) is 9.86. The van der Waals surface area contributed by atoms with E-state index in [0.717, 1.165) is 12.0 Å². The zero-order valence-electron chi connectivity index (χ0n) is 21.1. The second kappa shape index (κ2) is 10.1. The van der Waals surface area contributed by atoms with Gasteiger partial charge in [0.15, 0.2) is 28.2 Å². The molecular weight excluding hydrogens is 524 g/mol. The van der Waals surface area contributed by atoms with Gasteiger partial charge in [-0.1, -0.05) is 35.9 Å². The lowest BCUT2D eigenvalue weighted by Gasteiger charge is -2.37.